The van der Waals surface area contributed by atoms with Crippen molar-refractivity contribution in [2.45, 2.75) is 31.7 Å². The van der Waals surface area contributed by atoms with E-state index in [4.69, 9.17) is 4.42 Å². The number of nitro benzene ring substituents is 1. The Morgan fingerprint density at radius 1 is 1.43 bits per heavy atom. The molecule has 0 saturated heterocycles. The van der Waals surface area contributed by atoms with Gasteiger partial charge in [0.1, 0.15) is 5.52 Å². The number of nitrogens with one attached hydrogen (secondary N) is 1. The Bertz CT molecular complexity index is 655. The molecule has 1 saturated carbocycles. The van der Waals surface area contributed by atoms with E-state index >= 15 is 0 Å². The lowest BCUT2D eigenvalue weighted by Gasteiger charge is -2.30. The summed E-state index contributed by atoms with van der Waals surface area (Å²) in [4.78, 5) is 14.6. The molecule has 21 heavy (non-hydrogen) atoms. The van der Waals surface area contributed by atoms with E-state index in [1.165, 1.54) is 12.1 Å². The first-order chi connectivity index (χ1) is 10.2. The van der Waals surface area contributed by atoms with Gasteiger partial charge in [0, 0.05) is 24.6 Å². The molecule has 7 heteroatoms. The summed E-state index contributed by atoms with van der Waals surface area (Å²) in [5.41, 5.74) is 0.957. The van der Waals surface area contributed by atoms with E-state index in [2.05, 4.69) is 10.3 Å². The van der Waals surface area contributed by atoms with Gasteiger partial charge in [-0.2, -0.15) is 4.98 Å². The maximum absolute atomic E-state index is 10.8. The van der Waals surface area contributed by atoms with Crippen LogP contribution in [0.2, 0.25) is 0 Å². The standard InChI is InChI=1S/C14H17N3O4/c18-8-9-3-1-2-4-11(9)15-14-16-12-6-5-10(17(19)20)7-13(12)21-14/h5-7,9,11,18H,1-4,8H2,(H,15,16). The van der Waals surface area contributed by atoms with Crippen molar-refractivity contribution in [1.29, 1.82) is 0 Å². The molecule has 1 heterocycles. The van der Waals surface area contributed by atoms with Crippen LogP contribution in [-0.2, 0) is 0 Å². The number of benzene rings is 1. The molecular formula is C14H17N3O4. The molecule has 2 aromatic rings. The lowest BCUT2D eigenvalue weighted by atomic mass is 9.85. The van der Waals surface area contributed by atoms with E-state index in [0.29, 0.717) is 17.1 Å². The summed E-state index contributed by atoms with van der Waals surface area (Å²) in [6, 6.07) is 4.85. The van der Waals surface area contributed by atoms with E-state index in [1.807, 2.05) is 0 Å². The van der Waals surface area contributed by atoms with Crippen LogP contribution in [0.25, 0.3) is 11.1 Å². The van der Waals surface area contributed by atoms with Crippen molar-refractivity contribution >= 4 is 22.8 Å². The van der Waals surface area contributed by atoms with Gasteiger partial charge in [0.05, 0.1) is 11.0 Å². The molecule has 1 aliphatic rings. The highest BCUT2D eigenvalue weighted by Crippen LogP contribution is 2.29. The largest absolute Gasteiger partial charge is 0.423 e. The zero-order valence-electron chi connectivity index (χ0n) is 11.5. The number of anilines is 1. The normalized spacial score (nSPS) is 22.3. The van der Waals surface area contributed by atoms with Gasteiger partial charge < -0.3 is 14.8 Å². The average Bonchev–Trinajstić information content (AvgIpc) is 2.89. The van der Waals surface area contributed by atoms with Crippen molar-refractivity contribution in [3.05, 3.63) is 28.3 Å². The van der Waals surface area contributed by atoms with Crippen LogP contribution in [0.5, 0.6) is 0 Å². The summed E-state index contributed by atoms with van der Waals surface area (Å²) in [6.45, 7) is 0.142. The topological polar surface area (TPSA) is 101 Å². The summed E-state index contributed by atoms with van der Waals surface area (Å²) in [6.07, 6.45) is 4.19. The number of oxazole rings is 1. The summed E-state index contributed by atoms with van der Waals surface area (Å²) < 4.78 is 5.55. The first-order valence-corrected chi connectivity index (χ1v) is 7.10. The van der Waals surface area contributed by atoms with E-state index < -0.39 is 4.92 Å². The molecule has 2 atom stereocenters. The second-order valence-corrected chi connectivity index (χ2v) is 5.41. The molecule has 112 valence electrons. The first kappa shape index (κ1) is 13.8. The highest BCUT2D eigenvalue weighted by molar-refractivity contribution is 5.77. The van der Waals surface area contributed by atoms with Crippen LogP contribution in [0.3, 0.4) is 0 Å². The molecule has 0 aliphatic heterocycles. The third-order valence-corrected chi connectivity index (χ3v) is 4.04. The van der Waals surface area contributed by atoms with Gasteiger partial charge in [-0.25, -0.2) is 0 Å². The van der Waals surface area contributed by atoms with Gasteiger partial charge in [0.25, 0.3) is 11.7 Å². The van der Waals surface area contributed by atoms with Crippen LogP contribution in [0.4, 0.5) is 11.7 Å². The molecule has 0 amide bonds. The molecule has 0 bridgehead atoms. The van der Waals surface area contributed by atoms with Crippen LogP contribution < -0.4 is 5.32 Å². The molecule has 2 unspecified atom stereocenters. The molecule has 1 fully saturated rings. The van der Waals surface area contributed by atoms with E-state index in [0.717, 1.165) is 25.7 Å². The number of aromatic nitrogens is 1. The van der Waals surface area contributed by atoms with Crippen LogP contribution in [0.1, 0.15) is 25.7 Å². The summed E-state index contributed by atoms with van der Waals surface area (Å²) >= 11 is 0. The SMILES string of the molecule is O=[N+]([O-])c1ccc2nc(NC3CCCCC3CO)oc2c1. The Labute approximate surface area is 121 Å². The fourth-order valence-corrected chi connectivity index (χ4v) is 2.86. The van der Waals surface area contributed by atoms with E-state index in [1.54, 1.807) is 6.07 Å². The second-order valence-electron chi connectivity index (χ2n) is 5.41. The Balaban J connectivity index is 1.82. The van der Waals surface area contributed by atoms with Crippen molar-refractivity contribution in [2.75, 3.05) is 11.9 Å². The predicted octanol–water partition coefficient (Wildman–Crippen LogP) is 2.70. The van der Waals surface area contributed by atoms with Crippen molar-refractivity contribution < 1.29 is 14.4 Å². The van der Waals surface area contributed by atoms with Gasteiger partial charge >= 0.3 is 0 Å². The summed E-state index contributed by atoms with van der Waals surface area (Å²) in [5, 5.41) is 23.4. The number of nitro groups is 1. The van der Waals surface area contributed by atoms with Gasteiger partial charge in [-0.15, -0.1) is 0 Å². The fourth-order valence-electron chi connectivity index (χ4n) is 2.86. The van der Waals surface area contributed by atoms with E-state index in [9.17, 15) is 15.2 Å². The van der Waals surface area contributed by atoms with Crippen LogP contribution in [-0.4, -0.2) is 27.7 Å². The third-order valence-electron chi connectivity index (χ3n) is 4.04. The van der Waals surface area contributed by atoms with Gasteiger partial charge in [-0.3, -0.25) is 10.1 Å². The lowest BCUT2D eigenvalue weighted by molar-refractivity contribution is -0.384. The predicted molar refractivity (Wildman–Crippen MR) is 77.1 cm³/mol. The number of non-ortho nitro benzene ring substituents is 1. The lowest BCUT2D eigenvalue weighted by Crippen LogP contribution is -2.34. The molecule has 0 spiro atoms. The van der Waals surface area contributed by atoms with Gasteiger partial charge in [0.2, 0.25) is 0 Å². The zero-order chi connectivity index (χ0) is 14.8. The van der Waals surface area contributed by atoms with Crippen LogP contribution >= 0.6 is 0 Å². The van der Waals surface area contributed by atoms with Crippen LogP contribution in [0, 0.1) is 16.0 Å². The maximum Gasteiger partial charge on any atom is 0.295 e. The number of aliphatic hydroxyl groups excluding tert-OH is 1. The molecule has 7 nitrogen and oxygen atoms in total. The van der Waals surface area contributed by atoms with E-state index in [-0.39, 0.29) is 24.3 Å². The number of hydrogen-bond donors (Lipinski definition) is 2. The molecule has 1 aromatic heterocycles. The minimum Gasteiger partial charge on any atom is -0.423 e. The first-order valence-electron chi connectivity index (χ1n) is 7.10. The average molecular weight is 291 g/mol. The maximum atomic E-state index is 10.8. The number of hydrogen-bond acceptors (Lipinski definition) is 6. The van der Waals surface area contributed by atoms with Gasteiger partial charge in [-0.1, -0.05) is 12.8 Å². The molecule has 1 aromatic carbocycles. The molecule has 1 aliphatic carbocycles. The minimum absolute atomic E-state index is 0.0175. The van der Waals surface area contributed by atoms with Crippen molar-refractivity contribution in [2.24, 2.45) is 5.92 Å². The Morgan fingerprint density at radius 3 is 3.00 bits per heavy atom. The van der Waals surface area contributed by atoms with Gasteiger partial charge in [-0.05, 0) is 18.9 Å². The highest BCUT2D eigenvalue weighted by Gasteiger charge is 2.25. The fraction of sp³-hybridized carbons (Fsp3) is 0.500. The molecular weight excluding hydrogens is 274 g/mol. The minimum atomic E-state index is -0.460. The van der Waals surface area contributed by atoms with Gasteiger partial charge in [0.15, 0.2) is 5.58 Å². The third kappa shape index (κ3) is 2.82. The number of fused-ring (bicyclic) bond motifs is 1. The van der Waals surface area contributed by atoms with Crippen LogP contribution in [0.15, 0.2) is 22.6 Å². The monoisotopic (exact) mass is 291 g/mol. The zero-order valence-corrected chi connectivity index (χ0v) is 11.5. The number of aliphatic hydroxyl groups is 1. The Kier molecular flexibility index (Phi) is 3.74. The van der Waals surface area contributed by atoms with Crippen molar-refractivity contribution in [3.8, 4) is 0 Å². The van der Waals surface area contributed by atoms with Crippen molar-refractivity contribution in [1.82, 2.24) is 4.98 Å². The Hall–Kier alpha value is -2.15. The number of nitrogens with zero attached hydrogens (tertiary/aromatic N) is 2. The molecule has 0 radical (unpaired) electrons. The number of rotatable bonds is 4. The second kappa shape index (κ2) is 5.69. The van der Waals surface area contributed by atoms with Crippen molar-refractivity contribution in [3.63, 3.8) is 0 Å². The summed E-state index contributed by atoms with van der Waals surface area (Å²) in [7, 11) is 0. The highest BCUT2D eigenvalue weighted by atomic mass is 16.6. The summed E-state index contributed by atoms with van der Waals surface area (Å²) in [5.74, 6) is 0.197. The quantitative estimate of drug-likeness (QED) is 0.663. The molecule has 3 rings (SSSR count). The smallest absolute Gasteiger partial charge is 0.295 e. The molecule has 2 N–H and O–H groups in total. The Morgan fingerprint density at radius 2 is 2.24 bits per heavy atom.